The van der Waals surface area contributed by atoms with E-state index in [1.807, 2.05) is 6.92 Å². The summed E-state index contributed by atoms with van der Waals surface area (Å²) >= 11 is 0. The molecule has 0 aliphatic carbocycles. The van der Waals surface area contributed by atoms with Crippen molar-refractivity contribution in [3.05, 3.63) is 11.1 Å². The van der Waals surface area contributed by atoms with E-state index >= 15 is 0 Å². The SMILES string of the molecule is CC(C(=O)NC(C)C(C)O)=C1CNC1. The van der Waals surface area contributed by atoms with Crippen LogP contribution < -0.4 is 10.6 Å². The van der Waals surface area contributed by atoms with E-state index in [-0.39, 0.29) is 11.9 Å². The van der Waals surface area contributed by atoms with Crippen molar-refractivity contribution in [3.63, 3.8) is 0 Å². The lowest BCUT2D eigenvalue weighted by atomic mass is 10.0. The van der Waals surface area contributed by atoms with Crippen molar-refractivity contribution in [2.75, 3.05) is 13.1 Å². The van der Waals surface area contributed by atoms with Crippen LogP contribution in [0.1, 0.15) is 20.8 Å². The van der Waals surface area contributed by atoms with Crippen LogP contribution in [0.25, 0.3) is 0 Å². The summed E-state index contributed by atoms with van der Waals surface area (Å²) in [6, 6.07) is -0.203. The Kier molecular flexibility index (Phi) is 3.66. The number of carbonyl (C=O) groups is 1. The van der Waals surface area contributed by atoms with Crippen LogP contribution in [0, 0.1) is 0 Å². The minimum Gasteiger partial charge on any atom is -0.391 e. The summed E-state index contributed by atoms with van der Waals surface area (Å²) in [6.45, 7) is 6.89. The zero-order valence-corrected chi connectivity index (χ0v) is 8.92. The molecule has 2 atom stereocenters. The summed E-state index contributed by atoms with van der Waals surface area (Å²) in [4.78, 5) is 11.6. The fourth-order valence-electron chi connectivity index (χ4n) is 1.11. The van der Waals surface area contributed by atoms with Gasteiger partial charge < -0.3 is 15.7 Å². The Morgan fingerprint density at radius 2 is 2.07 bits per heavy atom. The molecule has 1 fully saturated rings. The van der Waals surface area contributed by atoms with Crippen molar-refractivity contribution in [2.45, 2.75) is 32.9 Å². The van der Waals surface area contributed by atoms with Crippen LogP contribution in [0.2, 0.25) is 0 Å². The maximum absolute atomic E-state index is 11.6. The van der Waals surface area contributed by atoms with Gasteiger partial charge in [0.15, 0.2) is 0 Å². The summed E-state index contributed by atoms with van der Waals surface area (Å²) < 4.78 is 0. The zero-order chi connectivity index (χ0) is 10.7. The summed E-state index contributed by atoms with van der Waals surface area (Å²) in [5, 5.41) is 15.1. The minimum absolute atomic E-state index is 0.0742. The summed E-state index contributed by atoms with van der Waals surface area (Å²) in [5.74, 6) is -0.0742. The number of nitrogens with one attached hydrogen (secondary N) is 2. The van der Waals surface area contributed by atoms with Crippen molar-refractivity contribution in [3.8, 4) is 0 Å². The standard InChI is InChI=1S/C10H18N2O2/c1-6(9-4-11-5-9)10(14)12-7(2)8(3)13/h7-8,11,13H,4-5H2,1-3H3,(H,12,14). The second kappa shape index (κ2) is 4.57. The predicted molar refractivity (Wildman–Crippen MR) is 54.9 cm³/mol. The largest absolute Gasteiger partial charge is 0.391 e. The van der Waals surface area contributed by atoms with Gasteiger partial charge in [-0.25, -0.2) is 0 Å². The molecule has 0 spiro atoms. The van der Waals surface area contributed by atoms with Gasteiger partial charge in [-0.2, -0.15) is 0 Å². The van der Waals surface area contributed by atoms with Gasteiger partial charge in [0.05, 0.1) is 12.1 Å². The summed E-state index contributed by atoms with van der Waals surface area (Å²) in [5.41, 5.74) is 1.93. The van der Waals surface area contributed by atoms with Crippen LogP contribution in [0.5, 0.6) is 0 Å². The van der Waals surface area contributed by atoms with Crippen LogP contribution >= 0.6 is 0 Å². The lowest BCUT2D eigenvalue weighted by Crippen LogP contribution is -2.42. The highest BCUT2D eigenvalue weighted by atomic mass is 16.3. The van der Waals surface area contributed by atoms with E-state index in [9.17, 15) is 9.90 Å². The molecule has 4 nitrogen and oxygen atoms in total. The number of aliphatic hydroxyl groups is 1. The highest BCUT2D eigenvalue weighted by Crippen LogP contribution is 2.09. The third-order valence-electron chi connectivity index (χ3n) is 2.63. The molecule has 1 saturated heterocycles. The first-order chi connectivity index (χ1) is 6.52. The molecular weight excluding hydrogens is 180 g/mol. The molecular formula is C10H18N2O2. The first-order valence-electron chi connectivity index (χ1n) is 4.90. The second-order valence-corrected chi connectivity index (χ2v) is 3.83. The van der Waals surface area contributed by atoms with E-state index in [1.165, 1.54) is 0 Å². The smallest absolute Gasteiger partial charge is 0.247 e. The molecule has 0 saturated carbocycles. The fourth-order valence-corrected chi connectivity index (χ4v) is 1.11. The Bertz CT molecular complexity index is 253. The molecule has 80 valence electrons. The summed E-state index contributed by atoms with van der Waals surface area (Å²) in [7, 11) is 0. The molecule has 2 unspecified atom stereocenters. The molecule has 0 aromatic heterocycles. The van der Waals surface area contributed by atoms with E-state index in [0.717, 1.165) is 24.2 Å². The maximum Gasteiger partial charge on any atom is 0.247 e. The average molecular weight is 198 g/mol. The number of carbonyl (C=O) groups excluding carboxylic acids is 1. The van der Waals surface area contributed by atoms with Gasteiger partial charge >= 0.3 is 0 Å². The predicted octanol–water partition coefficient (Wildman–Crippen LogP) is -0.208. The van der Waals surface area contributed by atoms with Gasteiger partial charge in [0.25, 0.3) is 0 Å². The quantitative estimate of drug-likeness (QED) is 0.550. The van der Waals surface area contributed by atoms with Crippen LogP contribution in [-0.4, -0.2) is 36.2 Å². The van der Waals surface area contributed by atoms with Crippen LogP contribution in [0.4, 0.5) is 0 Å². The monoisotopic (exact) mass is 198 g/mol. The molecule has 0 aromatic rings. The molecule has 1 aliphatic rings. The molecule has 0 radical (unpaired) electrons. The normalized spacial score (nSPS) is 19.6. The molecule has 1 heterocycles. The van der Waals surface area contributed by atoms with Gasteiger partial charge in [-0.1, -0.05) is 0 Å². The molecule has 0 bridgehead atoms. The number of amides is 1. The van der Waals surface area contributed by atoms with Crippen molar-refractivity contribution in [1.82, 2.24) is 10.6 Å². The zero-order valence-electron chi connectivity index (χ0n) is 8.92. The van der Waals surface area contributed by atoms with E-state index in [0.29, 0.717) is 0 Å². The first kappa shape index (κ1) is 11.2. The number of aliphatic hydroxyl groups excluding tert-OH is 1. The third-order valence-corrected chi connectivity index (χ3v) is 2.63. The Hall–Kier alpha value is -0.870. The van der Waals surface area contributed by atoms with Crippen molar-refractivity contribution in [2.24, 2.45) is 0 Å². The minimum atomic E-state index is -0.517. The topological polar surface area (TPSA) is 61.4 Å². The van der Waals surface area contributed by atoms with Crippen molar-refractivity contribution < 1.29 is 9.90 Å². The van der Waals surface area contributed by atoms with Gasteiger partial charge in [-0.15, -0.1) is 0 Å². The Morgan fingerprint density at radius 1 is 1.50 bits per heavy atom. The molecule has 1 amide bonds. The van der Waals surface area contributed by atoms with Crippen LogP contribution in [-0.2, 0) is 4.79 Å². The summed E-state index contributed by atoms with van der Waals surface area (Å²) in [6.07, 6.45) is -0.517. The molecule has 14 heavy (non-hydrogen) atoms. The molecule has 4 heteroatoms. The Balaban J connectivity index is 2.49. The molecule has 1 rings (SSSR count). The first-order valence-corrected chi connectivity index (χ1v) is 4.90. The van der Waals surface area contributed by atoms with E-state index < -0.39 is 6.10 Å². The number of hydrogen-bond donors (Lipinski definition) is 3. The number of rotatable bonds is 3. The van der Waals surface area contributed by atoms with Crippen molar-refractivity contribution >= 4 is 5.91 Å². The van der Waals surface area contributed by atoms with Gasteiger partial charge in [0.2, 0.25) is 5.91 Å². The molecule has 1 aliphatic heterocycles. The lowest BCUT2D eigenvalue weighted by molar-refractivity contribution is -0.118. The highest BCUT2D eigenvalue weighted by Gasteiger charge is 2.18. The van der Waals surface area contributed by atoms with Gasteiger partial charge in [-0.3, -0.25) is 4.79 Å². The van der Waals surface area contributed by atoms with E-state index in [1.54, 1.807) is 13.8 Å². The fraction of sp³-hybridized carbons (Fsp3) is 0.700. The molecule has 3 N–H and O–H groups in total. The van der Waals surface area contributed by atoms with E-state index in [2.05, 4.69) is 10.6 Å². The average Bonchev–Trinajstić information content (AvgIpc) is 2.00. The Labute approximate surface area is 84.4 Å². The highest BCUT2D eigenvalue weighted by molar-refractivity contribution is 5.94. The second-order valence-electron chi connectivity index (χ2n) is 3.83. The van der Waals surface area contributed by atoms with Gasteiger partial charge in [0.1, 0.15) is 0 Å². The lowest BCUT2D eigenvalue weighted by Gasteiger charge is -2.23. The van der Waals surface area contributed by atoms with Gasteiger partial charge in [-0.05, 0) is 26.3 Å². The van der Waals surface area contributed by atoms with Crippen LogP contribution in [0.3, 0.4) is 0 Å². The maximum atomic E-state index is 11.6. The number of hydrogen-bond acceptors (Lipinski definition) is 3. The third kappa shape index (κ3) is 2.56. The van der Waals surface area contributed by atoms with E-state index in [4.69, 9.17) is 0 Å². The Morgan fingerprint density at radius 3 is 2.43 bits per heavy atom. The van der Waals surface area contributed by atoms with Gasteiger partial charge in [0, 0.05) is 18.7 Å². The van der Waals surface area contributed by atoms with Crippen molar-refractivity contribution in [1.29, 1.82) is 0 Å². The molecule has 0 aromatic carbocycles. The van der Waals surface area contributed by atoms with Crippen LogP contribution in [0.15, 0.2) is 11.1 Å².